The van der Waals surface area contributed by atoms with Gasteiger partial charge in [-0.05, 0) is 30.5 Å². The fourth-order valence-electron chi connectivity index (χ4n) is 1.74. The van der Waals surface area contributed by atoms with Crippen LogP contribution in [0.1, 0.15) is 32.3 Å². The molecule has 0 aliphatic rings. The van der Waals surface area contributed by atoms with Crippen molar-refractivity contribution in [3.63, 3.8) is 0 Å². The maximum atomic E-state index is 12.8. The van der Waals surface area contributed by atoms with Crippen molar-refractivity contribution < 1.29 is 9.18 Å². The molecule has 0 saturated heterocycles. The van der Waals surface area contributed by atoms with E-state index in [-0.39, 0.29) is 17.5 Å². The number of rotatable bonds is 5. The third-order valence-corrected chi connectivity index (χ3v) is 3.17. The molecule has 0 bridgehead atoms. The van der Waals surface area contributed by atoms with E-state index in [1.807, 2.05) is 13.8 Å². The van der Waals surface area contributed by atoms with Crippen molar-refractivity contribution in [2.75, 3.05) is 0 Å². The zero-order chi connectivity index (χ0) is 12.1. The predicted octanol–water partition coefficient (Wildman–Crippen LogP) is 4.03. The van der Waals surface area contributed by atoms with Crippen LogP contribution in [0.25, 0.3) is 0 Å². The summed E-state index contributed by atoms with van der Waals surface area (Å²) in [5.41, 5.74) is 0.708. The number of benzene rings is 1. The molecule has 1 aromatic rings. The molecule has 3 heteroatoms. The van der Waals surface area contributed by atoms with E-state index in [4.69, 9.17) is 11.6 Å². The molecule has 0 radical (unpaired) electrons. The molecule has 1 nitrogen and oxygen atoms in total. The van der Waals surface area contributed by atoms with Crippen LogP contribution < -0.4 is 0 Å². The summed E-state index contributed by atoms with van der Waals surface area (Å²) in [6, 6.07) is 4.16. The van der Waals surface area contributed by atoms with Gasteiger partial charge in [0.1, 0.15) is 11.6 Å². The van der Waals surface area contributed by atoms with Crippen LogP contribution in [0.3, 0.4) is 0 Å². The first-order valence-electron chi connectivity index (χ1n) is 5.55. The van der Waals surface area contributed by atoms with E-state index in [1.165, 1.54) is 12.1 Å². The van der Waals surface area contributed by atoms with Gasteiger partial charge >= 0.3 is 0 Å². The van der Waals surface area contributed by atoms with Crippen LogP contribution in [0, 0.1) is 11.7 Å². The lowest BCUT2D eigenvalue weighted by molar-refractivity contribution is -0.122. The summed E-state index contributed by atoms with van der Waals surface area (Å²) in [5.74, 6) is -0.108. The lowest BCUT2D eigenvalue weighted by Gasteiger charge is -2.11. The molecule has 0 saturated carbocycles. The maximum Gasteiger partial charge on any atom is 0.140 e. The van der Waals surface area contributed by atoms with E-state index in [9.17, 15) is 9.18 Å². The summed E-state index contributed by atoms with van der Waals surface area (Å²) >= 11 is 5.87. The molecule has 0 unspecified atom stereocenters. The second-order valence-electron chi connectivity index (χ2n) is 3.89. The molecule has 0 aliphatic carbocycles. The van der Waals surface area contributed by atoms with Crippen LogP contribution in [0.15, 0.2) is 18.2 Å². The van der Waals surface area contributed by atoms with E-state index < -0.39 is 0 Å². The molecule has 0 atom stereocenters. The van der Waals surface area contributed by atoms with Gasteiger partial charge in [0.15, 0.2) is 0 Å². The number of ketones is 1. The van der Waals surface area contributed by atoms with Gasteiger partial charge < -0.3 is 0 Å². The quantitative estimate of drug-likeness (QED) is 0.762. The molecule has 0 heterocycles. The smallest absolute Gasteiger partial charge is 0.140 e. The zero-order valence-corrected chi connectivity index (χ0v) is 10.4. The van der Waals surface area contributed by atoms with Crippen LogP contribution in [-0.4, -0.2) is 5.78 Å². The van der Waals surface area contributed by atoms with Crippen LogP contribution in [0.4, 0.5) is 4.39 Å². The molecule has 0 N–H and O–H groups in total. The number of hydrogen-bond acceptors (Lipinski definition) is 1. The standard InChI is InChI=1S/C13H16ClFO/c1-3-9(4-2)13(16)7-10-5-6-11(15)8-12(10)14/h5-6,8-9H,3-4,7H2,1-2H3. The Hall–Kier alpha value is -0.890. The highest BCUT2D eigenvalue weighted by Crippen LogP contribution is 2.20. The molecule has 1 aromatic carbocycles. The minimum atomic E-state index is -0.372. The largest absolute Gasteiger partial charge is 0.299 e. The summed E-state index contributed by atoms with van der Waals surface area (Å²) in [6.45, 7) is 4.00. The van der Waals surface area contributed by atoms with Gasteiger partial charge in [-0.3, -0.25) is 4.79 Å². The average molecular weight is 243 g/mol. The topological polar surface area (TPSA) is 17.1 Å². The van der Waals surface area contributed by atoms with Gasteiger partial charge in [0, 0.05) is 17.4 Å². The van der Waals surface area contributed by atoms with Crippen molar-refractivity contribution in [2.45, 2.75) is 33.1 Å². The van der Waals surface area contributed by atoms with Crippen molar-refractivity contribution in [1.29, 1.82) is 0 Å². The second-order valence-corrected chi connectivity index (χ2v) is 4.30. The maximum absolute atomic E-state index is 12.8. The summed E-state index contributed by atoms with van der Waals surface area (Å²) in [5, 5.41) is 0.333. The van der Waals surface area contributed by atoms with Gasteiger partial charge in [-0.2, -0.15) is 0 Å². The highest BCUT2D eigenvalue weighted by atomic mass is 35.5. The number of carbonyl (C=O) groups excluding carboxylic acids is 1. The fraction of sp³-hybridized carbons (Fsp3) is 0.462. The van der Waals surface area contributed by atoms with Crippen LogP contribution in [0.2, 0.25) is 5.02 Å². The van der Waals surface area contributed by atoms with Gasteiger partial charge in [-0.15, -0.1) is 0 Å². The van der Waals surface area contributed by atoms with E-state index in [1.54, 1.807) is 6.07 Å². The Morgan fingerprint density at radius 3 is 2.50 bits per heavy atom. The molecule has 1 rings (SSSR count). The van der Waals surface area contributed by atoms with Gasteiger partial charge in [0.05, 0.1) is 0 Å². The Morgan fingerprint density at radius 2 is 2.00 bits per heavy atom. The summed E-state index contributed by atoms with van der Waals surface area (Å²) < 4.78 is 12.8. The average Bonchev–Trinajstić information content (AvgIpc) is 2.24. The first-order valence-corrected chi connectivity index (χ1v) is 5.92. The van der Waals surface area contributed by atoms with E-state index in [0.717, 1.165) is 12.8 Å². The van der Waals surface area contributed by atoms with Crippen molar-refractivity contribution in [3.8, 4) is 0 Å². The van der Waals surface area contributed by atoms with Gasteiger partial charge in [0.25, 0.3) is 0 Å². The first-order chi connectivity index (χ1) is 7.58. The van der Waals surface area contributed by atoms with Crippen LogP contribution in [-0.2, 0) is 11.2 Å². The molecule has 0 aromatic heterocycles. The van der Waals surface area contributed by atoms with Crippen LogP contribution in [0.5, 0.6) is 0 Å². The summed E-state index contributed by atoms with van der Waals surface area (Å²) in [7, 11) is 0. The molecule has 16 heavy (non-hydrogen) atoms. The van der Waals surface area contributed by atoms with Crippen molar-refractivity contribution in [1.82, 2.24) is 0 Å². The van der Waals surface area contributed by atoms with E-state index >= 15 is 0 Å². The normalized spacial score (nSPS) is 10.8. The molecule has 0 aliphatic heterocycles. The Labute approximate surface area is 101 Å². The minimum Gasteiger partial charge on any atom is -0.299 e. The van der Waals surface area contributed by atoms with Gasteiger partial charge in [-0.25, -0.2) is 4.39 Å². The Bertz CT molecular complexity index is 372. The lowest BCUT2D eigenvalue weighted by Crippen LogP contribution is -2.15. The monoisotopic (exact) mass is 242 g/mol. The first kappa shape index (κ1) is 13.2. The Morgan fingerprint density at radius 1 is 1.38 bits per heavy atom. The summed E-state index contributed by atoms with van der Waals surface area (Å²) in [4.78, 5) is 11.9. The van der Waals surface area contributed by atoms with Gasteiger partial charge in [-0.1, -0.05) is 31.5 Å². The molecule has 88 valence electrons. The van der Waals surface area contributed by atoms with Crippen molar-refractivity contribution in [2.24, 2.45) is 5.92 Å². The fourth-order valence-corrected chi connectivity index (χ4v) is 1.98. The SMILES string of the molecule is CCC(CC)C(=O)Cc1ccc(F)cc1Cl. The van der Waals surface area contributed by atoms with E-state index in [0.29, 0.717) is 17.0 Å². The van der Waals surface area contributed by atoms with Crippen molar-refractivity contribution in [3.05, 3.63) is 34.6 Å². The molecular weight excluding hydrogens is 227 g/mol. The highest BCUT2D eigenvalue weighted by molar-refractivity contribution is 6.31. The number of hydrogen-bond donors (Lipinski definition) is 0. The van der Waals surface area contributed by atoms with E-state index in [2.05, 4.69) is 0 Å². The Kier molecular flexibility index (Phi) is 4.94. The third kappa shape index (κ3) is 3.31. The third-order valence-electron chi connectivity index (χ3n) is 2.82. The zero-order valence-electron chi connectivity index (χ0n) is 9.59. The highest BCUT2D eigenvalue weighted by Gasteiger charge is 2.15. The second kappa shape index (κ2) is 6.00. The minimum absolute atomic E-state index is 0.0844. The number of carbonyl (C=O) groups is 1. The molecule has 0 amide bonds. The van der Waals surface area contributed by atoms with Crippen LogP contribution >= 0.6 is 11.6 Å². The number of Topliss-reactive ketones (excluding diaryl/α,β-unsaturated/α-hetero) is 1. The van der Waals surface area contributed by atoms with Gasteiger partial charge in [0.2, 0.25) is 0 Å². The summed E-state index contributed by atoms with van der Waals surface area (Å²) in [6.07, 6.45) is 1.98. The Balaban J connectivity index is 2.76. The predicted molar refractivity (Wildman–Crippen MR) is 64.2 cm³/mol. The lowest BCUT2D eigenvalue weighted by atomic mass is 9.93. The molecule has 0 fully saturated rings. The molecule has 0 spiro atoms. The van der Waals surface area contributed by atoms with Crippen molar-refractivity contribution >= 4 is 17.4 Å². The number of halogens is 2. The molecular formula is C13H16ClFO.